The van der Waals surface area contributed by atoms with Gasteiger partial charge in [-0.25, -0.2) is 4.98 Å². The van der Waals surface area contributed by atoms with Gasteiger partial charge in [0.1, 0.15) is 12.1 Å². The molecule has 1 heterocycles. The number of nitrogens with zero attached hydrogens (tertiary/aromatic N) is 1. The van der Waals surface area contributed by atoms with Crippen LogP contribution in [0.2, 0.25) is 0 Å². The van der Waals surface area contributed by atoms with Gasteiger partial charge in [0.05, 0.1) is 6.61 Å². The molecule has 0 radical (unpaired) electrons. The maximum atomic E-state index is 11.7. The zero-order chi connectivity index (χ0) is 13.0. The maximum Gasteiger partial charge on any atom is 0.325 e. The summed E-state index contributed by atoms with van der Waals surface area (Å²) < 4.78 is 9.77. The molecular weight excluding hydrogens is 236 g/mol. The Hall–Kier alpha value is -2.37. The van der Waals surface area contributed by atoms with Crippen LogP contribution in [-0.2, 0) is 9.53 Å². The van der Waals surface area contributed by atoms with Crippen LogP contribution in [0.15, 0.2) is 29.0 Å². The summed E-state index contributed by atoms with van der Waals surface area (Å²) in [6.07, 6.45) is 1.31. The van der Waals surface area contributed by atoms with E-state index >= 15 is 0 Å². The number of aromatic nitrogens is 1. The van der Waals surface area contributed by atoms with E-state index < -0.39 is 5.97 Å². The zero-order valence-electron chi connectivity index (χ0n) is 9.80. The Labute approximate surface area is 103 Å². The molecule has 1 aromatic carbocycles. The Morgan fingerprint density at radius 3 is 3.06 bits per heavy atom. The molecule has 0 aliphatic carbocycles. The quantitative estimate of drug-likeness (QED) is 0.820. The Balaban J connectivity index is 2.02. The van der Waals surface area contributed by atoms with Gasteiger partial charge in [0.25, 0.3) is 5.91 Å². The summed E-state index contributed by atoms with van der Waals surface area (Å²) >= 11 is 0. The van der Waals surface area contributed by atoms with Crippen molar-refractivity contribution in [1.29, 1.82) is 0 Å². The van der Waals surface area contributed by atoms with Crippen molar-refractivity contribution in [2.45, 2.75) is 6.92 Å². The highest BCUT2D eigenvalue weighted by atomic mass is 16.5. The molecule has 2 aromatic rings. The van der Waals surface area contributed by atoms with E-state index in [0.717, 1.165) is 0 Å². The van der Waals surface area contributed by atoms with Gasteiger partial charge in [-0.1, -0.05) is 0 Å². The Morgan fingerprint density at radius 1 is 1.44 bits per heavy atom. The first-order valence-corrected chi connectivity index (χ1v) is 5.47. The second kappa shape index (κ2) is 5.31. The number of benzene rings is 1. The van der Waals surface area contributed by atoms with E-state index in [-0.39, 0.29) is 12.5 Å². The van der Waals surface area contributed by atoms with E-state index in [1.54, 1.807) is 25.1 Å². The van der Waals surface area contributed by atoms with Crippen molar-refractivity contribution in [3.8, 4) is 0 Å². The summed E-state index contributed by atoms with van der Waals surface area (Å²) in [6.45, 7) is 1.85. The van der Waals surface area contributed by atoms with Crippen molar-refractivity contribution in [3.63, 3.8) is 0 Å². The van der Waals surface area contributed by atoms with Gasteiger partial charge >= 0.3 is 5.97 Å². The molecular formula is C12H12N2O4. The van der Waals surface area contributed by atoms with E-state index in [2.05, 4.69) is 10.3 Å². The van der Waals surface area contributed by atoms with Gasteiger partial charge in [0, 0.05) is 5.56 Å². The van der Waals surface area contributed by atoms with Crippen molar-refractivity contribution < 1.29 is 18.7 Å². The third kappa shape index (κ3) is 2.65. The number of hydrogen-bond acceptors (Lipinski definition) is 5. The lowest BCUT2D eigenvalue weighted by atomic mass is 10.2. The summed E-state index contributed by atoms with van der Waals surface area (Å²) in [7, 11) is 0. The van der Waals surface area contributed by atoms with Crippen LogP contribution in [0, 0.1) is 0 Å². The summed E-state index contributed by atoms with van der Waals surface area (Å²) in [5, 5.41) is 2.47. The molecule has 18 heavy (non-hydrogen) atoms. The third-order valence-electron chi connectivity index (χ3n) is 2.29. The van der Waals surface area contributed by atoms with Crippen LogP contribution in [0.3, 0.4) is 0 Å². The number of nitrogens with one attached hydrogen (secondary N) is 1. The molecule has 0 unspecified atom stereocenters. The molecule has 2 rings (SSSR count). The van der Waals surface area contributed by atoms with Crippen LogP contribution in [0.5, 0.6) is 0 Å². The molecule has 0 aliphatic heterocycles. The Morgan fingerprint density at radius 2 is 2.28 bits per heavy atom. The lowest BCUT2D eigenvalue weighted by molar-refractivity contribution is -0.141. The number of ether oxygens (including phenoxy) is 1. The topological polar surface area (TPSA) is 81.4 Å². The minimum atomic E-state index is -0.464. The second-order valence-electron chi connectivity index (χ2n) is 3.52. The third-order valence-corrected chi connectivity index (χ3v) is 2.29. The lowest BCUT2D eigenvalue weighted by Crippen LogP contribution is -2.30. The first-order chi connectivity index (χ1) is 8.70. The number of carbonyl (C=O) groups is 2. The molecule has 6 nitrogen and oxygen atoms in total. The van der Waals surface area contributed by atoms with Crippen LogP contribution in [-0.4, -0.2) is 30.0 Å². The summed E-state index contributed by atoms with van der Waals surface area (Å²) in [4.78, 5) is 26.8. The van der Waals surface area contributed by atoms with Gasteiger partial charge in [-0.3, -0.25) is 9.59 Å². The minimum Gasteiger partial charge on any atom is -0.465 e. The molecule has 0 bridgehead atoms. The monoisotopic (exact) mass is 248 g/mol. The van der Waals surface area contributed by atoms with Gasteiger partial charge in [0.15, 0.2) is 12.0 Å². The highest BCUT2D eigenvalue weighted by Crippen LogP contribution is 2.13. The van der Waals surface area contributed by atoms with Crippen LogP contribution in [0.4, 0.5) is 0 Å². The van der Waals surface area contributed by atoms with E-state index in [9.17, 15) is 9.59 Å². The molecule has 0 atom stereocenters. The Kier molecular flexibility index (Phi) is 3.57. The summed E-state index contributed by atoms with van der Waals surface area (Å²) in [5.74, 6) is -0.818. The zero-order valence-corrected chi connectivity index (χ0v) is 9.80. The molecule has 0 saturated carbocycles. The Bertz CT molecular complexity index is 576. The van der Waals surface area contributed by atoms with Crippen molar-refractivity contribution in [2.75, 3.05) is 13.2 Å². The smallest absolute Gasteiger partial charge is 0.325 e. The van der Waals surface area contributed by atoms with Crippen LogP contribution in [0.25, 0.3) is 11.1 Å². The number of carbonyl (C=O) groups excluding carboxylic acids is 2. The van der Waals surface area contributed by atoms with E-state index in [4.69, 9.17) is 9.15 Å². The number of fused-ring (bicyclic) bond motifs is 1. The first-order valence-electron chi connectivity index (χ1n) is 5.47. The van der Waals surface area contributed by atoms with Gasteiger partial charge in [-0.05, 0) is 25.1 Å². The summed E-state index contributed by atoms with van der Waals surface area (Å²) in [5.41, 5.74) is 1.62. The molecule has 0 spiro atoms. The predicted octanol–water partition coefficient (Wildman–Crippen LogP) is 1.12. The average Bonchev–Trinajstić information content (AvgIpc) is 2.83. The van der Waals surface area contributed by atoms with Gasteiger partial charge in [-0.15, -0.1) is 0 Å². The number of oxazole rings is 1. The van der Waals surface area contributed by atoms with Crippen molar-refractivity contribution in [2.24, 2.45) is 0 Å². The normalized spacial score (nSPS) is 10.3. The number of rotatable bonds is 4. The molecule has 1 aromatic heterocycles. The highest BCUT2D eigenvalue weighted by molar-refractivity contribution is 5.98. The van der Waals surface area contributed by atoms with Crippen molar-refractivity contribution >= 4 is 23.0 Å². The van der Waals surface area contributed by atoms with Crippen LogP contribution in [0.1, 0.15) is 17.3 Å². The fourth-order valence-electron chi connectivity index (χ4n) is 1.47. The number of amides is 1. The predicted molar refractivity (Wildman–Crippen MR) is 63.0 cm³/mol. The minimum absolute atomic E-state index is 0.149. The molecule has 0 fully saturated rings. The SMILES string of the molecule is CCOC(=O)CNC(=O)c1ccc2ocnc2c1. The molecule has 0 aliphatic rings. The van der Waals surface area contributed by atoms with Crippen molar-refractivity contribution in [3.05, 3.63) is 30.2 Å². The number of hydrogen-bond donors (Lipinski definition) is 1. The van der Waals surface area contributed by atoms with E-state index in [0.29, 0.717) is 23.3 Å². The van der Waals surface area contributed by atoms with Crippen molar-refractivity contribution in [1.82, 2.24) is 10.3 Å². The van der Waals surface area contributed by atoms with E-state index in [1.165, 1.54) is 6.39 Å². The molecule has 1 N–H and O–H groups in total. The average molecular weight is 248 g/mol. The summed E-state index contributed by atoms with van der Waals surface area (Å²) in [6, 6.07) is 4.86. The first kappa shape index (κ1) is 12.1. The highest BCUT2D eigenvalue weighted by Gasteiger charge is 2.10. The number of esters is 1. The molecule has 0 saturated heterocycles. The maximum absolute atomic E-state index is 11.7. The fraction of sp³-hybridized carbons (Fsp3) is 0.250. The molecule has 6 heteroatoms. The lowest BCUT2D eigenvalue weighted by Gasteiger charge is -2.04. The second-order valence-corrected chi connectivity index (χ2v) is 3.52. The standard InChI is InChI=1S/C12H12N2O4/c1-2-17-11(15)6-13-12(16)8-3-4-10-9(5-8)14-7-18-10/h3-5,7H,2,6H2,1H3,(H,13,16). The fourth-order valence-corrected chi connectivity index (χ4v) is 1.47. The van der Waals surface area contributed by atoms with Gasteiger partial charge in [0.2, 0.25) is 0 Å². The van der Waals surface area contributed by atoms with Crippen LogP contribution >= 0.6 is 0 Å². The molecule has 94 valence electrons. The van der Waals surface area contributed by atoms with Crippen LogP contribution < -0.4 is 5.32 Å². The largest absolute Gasteiger partial charge is 0.465 e. The van der Waals surface area contributed by atoms with E-state index in [1.807, 2.05) is 0 Å². The van der Waals surface area contributed by atoms with Gasteiger partial charge in [-0.2, -0.15) is 0 Å². The molecule has 1 amide bonds. The van der Waals surface area contributed by atoms with Gasteiger partial charge < -0.3 is 14.5 Å².